The average molecular weight is 418 g/mol. The Balaban J connectivity index is 2.25. The summed E-state index contributed by atoms with van der Waals surface area (Å²) < 4.78 is 0. The van der Waals surface area contributed by atoms with Crippen molar-refractivity contribution in [3.8, 4) is 0 Å². The summed E-state index contributed by atoms with van der Waals surface area (Å²) in [5, 5.41) is 31.0. The summed E-state index contributed by atoms with van der Waals surface area (Å²) in [7, 11) is 1.48. The van der Waals surface area contributed by atoms with Gasteiger partial charge in [-0.15, -0.1) is 0 Å². The normalized spacial score (nSPS) is 43.4. The molecule has 1 heterocycles. The molecule has 3 aliphatic rings. The van der Waals surface area contributed by atoms with E-state index in [-0.39, 0.29) is 35.2 Å². The molecule has 3 rings (SSSR count). The summed E-state index contributed by atoms with van der Waals surface area (Å²) in [4.78, 5) is 27.1. The lowest BCUT2D eigenvalue weighted by atomic mass is 9.40. The van der Waals surface area contributed by atoms with E-state index < -0.39 is 35.2 Å². The molecule has 6 heteroatoms. The molecule has 1 saturated carbocycles. The number of carbonyl (C=O) groups is 2. The van der Waals surface area contributed by atoms with Crippen molar-refractivity contribution in [2.75, 3.05) is 20.3 Å². The number of aliphatic hydroxyl groups is 3. The maximum absolute atomic E-state index is 13.0. The van der Waals surface area contributed by atoms with Crippen LogP contribution in [0.25, 0.3) is 0 Å². The van der Waals surface area contributed by atoms with Gasteiger partial charge in [0.05, 0.1) is 6.61 Å². The van der Waals surface area contributed by atoms with Crippen LogP contribution in [0.5, 0.6) is 0 Å². The highest BCUT2D eigenvalue weighted by molar-refractivity contribution is 6.26. The van der Waals surface area contributed by atoms with Crippen molar-refractivity contribution in [3.63, 3.8) is 0 Å². The van der Waals surface area contributed by atoms with Gasteiger partial charge in [-0.3, -0.25) is 9.59 Å². The Morgan fingerprint density at radius 3 is 2.43 bits per heavy atom. The molecule has 0 aromatic heterocycles. The summed E-state index contributed by atoms with van der Waals surface area (Å²) in [6.45, 7) is 7.80. The van der Waals surface area contributed by atoms with Gasteiger partial charge in [-0.25, -0.2) is 0 Å². The van der Waals surface area contributed by atoms with Crippen LogP contribution in [-0.4, -0.2) is 58.2 Å². The van der Waals surface area contributed by atoms with Crippen molar-refractivity contribution >= 4 is 11.7 Å². The van der Waals surface area contributed by atoms with Gasteiger partial charge < -0.3 is 20.2 Å². The van der Waals surface area contributed by atoms with Gasteiger partial charge in [-0.05, 0) is 42.9 Å². The van der Waals surface area contributed by atoms with Crippen molar-refractivity contribution in [2.45, 2.75) is 53.0 Å². The first-order valence-corrected chi connectivity index (χ1v) is 10.8. The van der Waals surface area contributed by atoms with E-state index in [4.69, 9.17) is 0 Å². The number of amides is 1. The number of likely N-dealkylation sites (tertiary alicyclic amines) is 1. The fourth-order valence-electron chi connectivity index (χ4n) is 6.17. The zero-order chi connectivity index (χ0) is 22.5. The number of fused-ring (bicyclic) bond motifs is 1. The lowest BCUT2D eigenvalue weighted by molar-refractivity contribution is -0.127. The third-order valence-corrected chi connectivity index (χ3v) is 8.62. The summed E-state index contributed by atoms with van der Waals surface area (Å²) in [5.74, 6) is -1.25. The number of likely N-dealkylation sites (N-methyl/N-ethyl adjacent to an activating group) is 1. The van der Waals surface area contributed by atoms with E-state index in [1.165, 1.54) is 11.9 Å². The number of rotatable bonds is 4. The third-order valence-electron chi connectivity index (χ3n) is 8.62. The number of carbonyl (C=O) groups excluding carboxylic acids is 2. The zero-order valence-corrected chi connectivity index (χ0v) is 18.7. The number of nitrogens with zero attached hydrogens (tertiary/aromatic N) is 1. The average Bonchev–Trinajstić information content (AvgIpc) is 2.93. The largest absolute Gasteiger partial charge is 0.511 e. The number of ketones is 1. The molecule has 1 amide bonds. The van der Waals surface area contributed by atoms with Gasteiger partial charge in [-0.1, -0.05) is 45.1 Å². The van der Waals surface area contributed by atoms with Gasteiger partial charge in [-0.2, -0.15) is 0 Å². The zero-order valence-electron chi connectivity index (χ0n) is 18.7. The number of hydrogen-bond donors (Lipinski definition) is 3. The van der Waals surface area contributed by atoms with Crippen LogP contribution in [0.3, 0.4) is 0 Å². The van der Waals surface area contributed by atoms with E-state index in [1.54, 1.807) is 0 Å². The Morgan fingerprint density at radius 1 is 1.23 bits per heavy atom. The molecule has 0 aromatic carbocycles. The van der Waals surface area contributed by atoms with Gasteiger partial charge in [0.2, 0.25) is 0 Å². The maximum Gasteiger partial charge on any atom is 0.261 e. The van der Waals surface area contributed by atoms with Crippen LogP contribution < -0.4 is 0 Å². The molecule has 2 fully saturated rings. The predicted octanol–water partition coefficient (Wildman–Crippen LogP) is 2.77. The minimum atomic E-state index is -0.957. The van der Waals surface area contributed by atoms with E-state index in [9.17, 15) is 24.9 Å². The summed E-state index contributed by atoms with van der Waals surface area (Å²) in [6, 6.07) is -0.957. The molecule has 6 atom stereocenters. The smallest absolute Gasteiger partial charge is 0.261 e. The van der Waals surface area contributed by atoms with Crippen LogP contribution in [0.4, 0.5) is 0 Å². The van der Waals surface area contributed by atoms with Crippen LogP contribution in [0, 0.1) is 28.1 Å². The molecule has 1 aliphatic heterocycles. The van der Waals surface area contributed by atoms with Crippen molar-refractivity contribution in [1.82, 2.24) is 4.90 Å². The Labute approximate surface area is 179 Å². The summed E-state index contributed by atoms with van der Waals surface area (Å²) >= 11 is 0. The molecule has 3 N–H and O–H groups in total. The standard InChI is InChI=1S/C24H35NO5/c1-6-7-16-9-10-22(2)12-15(13-26)8-11-23(22,3)24(16,4)20(29)18-19(28)17(14-27)25(5)21(18)30/h6-7,9-10,15-17,26-27,29H,8,11-14H2,1-5H3/b7-6+,20-18+/t15-,16-,17?,22-,23-,24+/m1/s1. The van der Waals surface area contributed by atoms with Gasteiger partial charge >= 0.3 is 0 Å². The first-order valence-electron chi connectivity index (χ1n) is 10.8. The van der Waals surface area contributed by atoms with E-state index in [1.807, 2.05) is 26.0 Å². The molecule has 0 radical (unpaired) electrons. The van der Waals surface area contributed by atoms with Crippen LogP contribution >= 0.6 is 0 Å². The molecule has 2 aliphatic carbocycles. The summed E-state index contributed by atoms with van der Waals surface area (Å²) in [5.41, 5.74) is -1.85. The van der Waals surface area contributed by atoms with Gasteiger partial charge in [0.25, 0.3) is 5.91 Å². The first-order chi connectivity index (χ1) is 14.0. The monoisotopic (exact) mass is 417 g/mol. The maximum atomic E-state index is 13.0. The second kappa shape index (κ2) is 7.65. The Hall–Kier alpha value is -1.92. The minimum Gasteiger partial charge on any atom is -0.511 e. The van der Waals surface area contributed by atoms with Gasteiger partial charge in [0.15, 0.2) is 5.78 Å². The van der Waals surface area contributed by atoms with E-state index in [0.29, 0.717) is 0 Å². The van der Waals surface area contributed by atoms with E-state index >= 15 is 0 Å². The molecule has 30 heavy (non-hydrogen) atoms. The summed E-state index contributed by atoms with van der Waals surface area (Å²) in [6.07, 6.45) is 10.5. The molecular weight excluding hydrogens is 382 g/mol. The lowest BCUT2D eigenvalue weighted by Crippen LogP contribution is -2.58. The number of hydrogen-bond acceptors (Lipinski definition) is 5. The quantitative estimate of drug-likeness (QED) is 0.283. The minimum absolute atomic E-state index is 0.127. The molecule has 0 aromatic rings. The van der Waals surface area contributed by atoms with E-state index in [0.717, 1.165) is 19.3 Å². The second-order valence-corrected chi connectivity index (χ2v) is 9.86. The highest BCUT2D eigenvalue weighted by atomic mass is 16.3. The van der Waals surface area contributed by atoms with Crippen molar-refractivity contribution < 1.29 is 24.9 Å². The van der Waals surface area contributed by atoms with Gasteiger partial charge in [0.1, 0.15) is 17.4 Å². The fraction of sp³-hybridized carbons (Fsp3) is 0.667. The predicted molar refractivity (Wildman–Crippen MR) is 114 cm³/mol. The number of allylic oxidation sites excluding steroid dienone is 5. The van der Waals surface area contributed by atoms with Crippen LogP contribution in [-0.2, 0) is 9.59 Å². The number of Topliss-reactive ketones (excluding diaryl/α,β-unsaturated/α-hetero) is 1. The topological polar surface area (TPSA) is 98.1 Å². The highest BCUT2D eigenvalue weighted by Crippen LogP contribution is 2.68. The van der Waals surface area contributed by atoms with Crippen molar-refractivity contribution in [3.05, 3.63) is 35.6 Å². The molecule has 1 unspecified atom stereocenters. The fourth-order valence-corrected chi connectivity index (χ4v) is 6.17. The third kappa shape index (κ3) is 2.83. The molecule has 166 valence electrons. The second-order valence-electron chi connectivity index (χ2n) is 9.86. The highest BCUT2D eigenvalue weighted by Gasteiger charge is 2.64. The Bertz CT molecular complexity index is 829. The Kier molecular flexibility index (Phi) is 5.80. The lowest BCUT2D eigenvalue weighted by Gasteiger charge is -2.63. The molecule has 0 bridgehead atoms. The van der Waals surface area contributed by atoms with Crippen LogP contribution in [0.2, 0.25) is 0 Å². The molecule has 6 nitrogen and oxygen atoms in total. The Morgan fingerprint density at radius 2 is 1.90 bits per heavy atom. The molecular formula is C24H35NO5. The first kappa shape index (κ1) is 22.8. The van der Waals surface area contributed by atoms with Crippen LogP contribution in [0.1, 0.15) is 47.0 Å². The van der Waals surface area contributed by atoms with Gasteiger partial charge in [0, 0.05) is 25.0 Å². The van der Waals surface area contributed by atoms with Crippen molar-refractivity contribution in [2.24, 2.45) is 28.1 Å². The van der Waals surface area contributed by atoms with Crippen LogP contribution in [0.15, 0.2) is 35.6 Å². The molecule has 1 saturated heterocycles. The number of aliphatic hydroxyl groups excluding tert-OH is 3. The van der Waals surface area contributed by atoms with E-state index in [2.05, 4.69) is 26.0 Å². The van der Waals surface area contributed by atoms with Crippen molar-refractivity contribution in [1.29, 1.82) is 0 Å². The molecule has 0 spiro atoms. The SMILES string of the molecule is C/C=C/[C@@H]1C=C[C@]2(C)C[C@H](CO)CC[C@@]2(C)[C@]1(C)/C(O)=C1/C(=O)C(CO)N(C)C1=O.